The number of aryl methyl sites for hydroxylation is 1. The molecule has 3 heteroatoms. The fourth-order valence-corrected chi connectivity index (χ4v) is 3.03. The van der Waals surface area contributed by atoms with Gasteiger partial charge in [0.15, 0.2) is 0 Å². The molecule has 1 saturated heterocycles. The van der Waals surface area contributed by atoms with Crippen molar-refractivity contribution in [1.29, 1.82) is 0 Å². The highest BCUT2D eigenvalue weighted by Gasteiger charge is 2.20. The number of rotatable bonds is 3. The van der Waals surface area contributed by atoms with E-state index < -0.39 is 0 Å². The number of benzene rings is 1. The fraction of sp³-hybridized carbons (Fsp3) is 0.444. The number of piperidine rings is 1. The summed E-state index contributed by atoms with van der Waals surface area (Å²) in [6.45, 7) is 4.42. The van der Waals surface area contributed by atoms with E-state index >= 15 is 0 Å². The van der Waals surface area contributed by atoms with Crippen LogP contribution < -0.4 is 0 Å². The molecule has 1 aliphatic rings. The van der Waals surface area contributed by atoms with Gasteiger partial charge in [-0.3, -0.25) is 9.97 Å². The highest BCUT2D eigenvalue weighted by molar-refractivity contribution is 5.25. The van der Waals surface area contributed by atoms with Gasteiger partial charge in [0.1, 0.15) is 0 Å². The third-order valence-corrected chi connectivity index (χ3v) is 4.25. The predicted molar refractivity (Wildman–Crippen MR) is 85.5 cm³/mol. The molecular formula is C18H23N3. The first-order chi connectivity index (χ1) is 10.2. The second-order valence-electron chi connectivity index (χ2n) is 6.20. The van der Waals surface area contributed by atoms with Gasteiger partial charge in [0.2, 0.25) is 0 Å². The summed E-state index contributed by atoms with van der Waals surface area (Å²) in [6.07, 6.45) is 7.19. The van der Waals surface area contributed by atoms with E-state index in [1.54, 1.807) is 0 Å². The van der Waals surface area contributed by atoms with Gasteiger partial charge in [0.05, 0.1) is 11.4 Å². The molecule has 1 atom stereocenters. The maximum Gasteiger partial charge on any atom is 0.0633 e. The number of hydrogen-bond donors (Lipinski definition) is 0. The third kappa shape index (κ3) is 3.67. The van der Waals surface area contributed by atoms with Crippen LogP contribution >= 0.6 is 0 Å². The normalized spacial score (nSPS) is 19.6. The number of likely N-dealkylation sites (tertiary alicyclic amines) is 1. The Hall–Kier alpha value is -1.74. The summed E-state index contributed by atoms with van der Waals surface area (Å²) in [7, 11) is 2.19. The molecule has 1 aromatic carbocycles. The molecule has 0 saturated carbocycles. The molecule has 3 rings (SSSR count). The number of nitrogens with zero attached hydrogens (tertiary/aromatic N) is 3. The largest absolute Gasteiger partial charge is 0.306 e. The summed E-state index contributed by atoms with van der Waals surface area (Å²) in [5.41, 5.74) is 4.83. The average molecular weight is 281 g/mol. The molecule has 21 heavy (non-hydrogen) atoms. The molecule has 0 radical (unpaired) electrons. The zero-order chi connectivity index (χ0) is 14.7. The topological polar surface area (TPSA) is 29.0 Å². The molecule has 0 spiro atoms. The van der Waals surface area contributed by atoms with E-state index in [1.165, 1.54) is 30.5 Å². The van der Waals surface area contributed by atoms with Crippen molar-refractivity contribution >= 4 is 0 Å². The summed E-state index contributed by atoms with van der Waals surface area (Å²) in [5, 5.41) is 0. The quantitative estimate of drug-likeness (QED) is 0.865. The lowest BCUT2D eigenvalue weighted by Crippen LogP contribution is -2.31. The van der Waals surface area contributed by atoms with E-state index in [0.29, 0.717) is 5.92 Å². The van der Waals surface area contributed by atoms with Crippen LogP contribution in [-0.4, -0.2) is 35.0 Å². The first-order valence-corrected chi connectivity index (χ1v) is 7.75. The highest BCUT2D eigenvalue weighted by Crippen LogP contribution is 2.24. The van der Waals surface area contributed by atoms with Crippen molar-refractivity contribution in [3.8, 4) is 0 Å². The van der Waals surface area contributed by atoms with E-state index in [2.05, 4.69) is 48.1 Å². The second kappa shape index (κ2) is 6.35. The molecule has 1 fully saturated rings. The summed E-state index contributed by atoms with van der Waals surface area (Å²) in [4.78, 5) is 11.7. The Balaban J connectivity index is 1.75. The van der Waals surface area contributed by atoms with E-state index in [-0.39, 0.29) is 0 Å². The van der Waals surface area contributed by atoms with Gasteiger partial charge in [0.25, 0.3) is 0 Å². The molecule has 1 aliphatic heterocycles. The molecule has 1 unspecified atom stereocenters. The van der Waals surface area contributed by atoms with Crippen molar-refractivity contribution in [2.24, 2.45) is 0 Å². The van der Waals surface area contributed by atoms with E-state index in [4.69, 9.17) is 4.98 Å². The van der Waals surface area contributed by atoms with Crippen LogP contribution in [0.1, 0.15) is 41.3 Å². The van der Waals surface area contributed by atoms with E-state index in [9.17, 15) is 0 Å². The van der Waals surface area contributed by atoms with Gasteiger partial charge in [0, 0.05) is 31.3 Å². The standard InChI is InChI=1S/C18H23N3/c1-14-5-7-15(8-6-14)10-17-11-19-12-18(20-17)16-4-3-9-21(2)13-16/h5-8,11-12,16H,3-4,9-10,13H2,1-2H3. The highest BCUT2D eigenvalue weighted by atomic mass is 15.1. The summed E-state index contributed by atoms with van der Waals surface area (Å²) in [6, 6.07) is 8.67. The first kappa shape index (κ1) is 14.2. The van der Waals surface area contributed by atoms with Gasteiger partial charge in [-0.05, 0) is 38.9 Å². The Morgan fingerprint density at radius 3 is 2.76 bits per heavy atom. The summed E-state index contributed by atoms with van der Waals surface area (Å²) < 4.78 is 0. The maximum absolute atomic E-state index is 4.86. The SMILES string of the molecule is Cc1ccc(Cc2cncc(C3CCCN(C)C3)n2)cc1. The minimum absolute atomic E-state index is 0.536. The number of likely N-dealkylation sites (N-methyl/N-ethyl adjacent to an activating group) is 1. The van der Waals surface area contributed by atoms with Gasteiger partial charge in [-0.15, -0.1) is 0 Å². The van der Waals surface area contributed by atoms with Crippen LogP contribution in [0.25, 0.3) is 0 Å². The zero-order valence-electron chi connectivity index (χ0n) is 12.9. The lowest BCUT2D eigenvalue weighted by molar-refractivity contribution is 0.248. The molecule has 0 aliphatic carbocycles. The summed E-state index contributed by atoms with van der Waals surface area (Å²) >= 11 is 0. The third-order valence-electron chi connectivity index (χ3n) is 4.25. The second-order valence-corrected chi connectivity index (χ2v) is 6.20. The number of aromatic nitrogens is 2. The smallest absolute Gasteiger partial charge is 0.0633 e. The van der Waals surface area contributed by atoms with Crippen LogP contribution in [0.2, 0.25) is 0 Å². The zero-order valence-corrected chi connectivity index (χ0v) is 12.9. The van der Waals surface area contributed by atoms with Gasteiger partial charge in [-0.1, -0.05) is 29.8 Å². The van der Waals surface area contributed by atoms with Crippen LogP contribution in [0, 0.1) is 6.92 Å². The minimum atomic E-state index is 0.536. The molecule has 110 valence electrons. The van der Waals surface area contributed by atoms with E-state index in [1.807, 2.05) is 12.4 Å². The van der Waals surface area contributed by atoms with Crippen molar-refractivity contribution in [2.75, 3.05) is 20.1 Å². The Morgan fingerprint density at radius 1 is 1.19 bits per heavy atom. The Morgan fingerprint density at radius 2 is 2.00 bits per heavy atom. The molecule has 0 amide bonds. The van der Waals surface area contributed by atoms with Crippen molar-refractivity contribution in [3.05, 3.63) is 59.2 Å². The van der Waals surface area contributed by atoms with Crippen molar-refractivity contribution < 1.29 is 0 Å². The Labute approximate surface area is 127 Å². The molecule has 2 heterocycles. The van der Waals surface area contributed by atoms with Crippen LogP contribution in [0.3, 0.4) is 0 Å². The van der Waals surface area contributed by atoms with Crippen molar-refractivity contribution in [3.63, 3.8) is 0 Å². The Bertz CT molecular complexity index is 592. The predicted octanol–water partition coefficient (Wildman–Crippen LogP) is 3.19. The van der Waals surface area contributed by atoms with Gasteiger partial charge in [-0.25, -0.2) is 0 Å². The first-order valence-electron chi connectivity index (χ1n) is 7.75. The minimum Gasteiger partial charge on any atom is -0.306 e. The van der Waals surface area contributed by atoms with Crippen molar-refractivity contribution in [2.45, 2.75) is 32.1 Å². The monoisotopic (exact) mass is 281 g/mol. The Kier molecular flexibility index (Phi) is 4.30. The van der Waals surface area contributed by atoms with Crippen LogP contribution in [-0.2, 0) is 6.42 Å². The van der Waals surface area contributed by atoms with E-state index in [0.717, 1.165) is 24.4 Å². The molecule has 0 bridgehead atoms. The lowest BCUT2D eigenvalue weighted by Gasteiger charge is -2.29. The molecule has 0 N–H and O–H groups in total. The molecule has 1 aromatic heterocycles. The molecule has 2 aromatic rings. The average Bonchev–Trinajstić information content (AvgIpc) is 2.50. The fourth-order valence-electron chi connectivity index (χ4n) is 3.03. The van der Waals surface area contributed by atoms with Gasteiger partial charge >= 0.3 is 0 Å². The van der Waals surface area contributed by atoms with Crippen LogP contribution in [0.15, 0.2) is 36.7 Å². The van der Waals surface area contributed by atoms with Gasteiger partial charge < -0.3 is 4.90 Å². The van der Waals surface area contributed by atoms with Crippen LogP contribution in [0.5, 0.6) is 0 Å². The summed E-state index contributed by atoms with van der Waals surface area (Å²) in [5.74, 6) is 0.536. The lowest BCUT2D eigenvalue weighted by atomic mass is 9.95. The maximum atomic E-state index is 4.86. The molecule has 3 nitrogen and oxygen atoms in total. The number of hydrogen-bond acceptors (Lipinski definition) is 3. The van der Waals surface area contributed by atoms with Crippen molar-refractivity contribution in [1.82, 2.24) is 14.9 Å². The molecular weight excluding hydrogens is 258 g/mol. The van der Waals surface area contributed by atoms with Gasteiger partial charge in [-0.2, -0.15) is 0 Å². The van der Waals surface area contributed by atoms with Crippen LogP contribution in [0.4, 0.5) is 0 Å².